The van der Waals surface area contributed by atoms with Gasteiger partial charge in [-0.1, -0.05) is 48.7 Å². The Balaban J connectivity index is 1.15. The normalized spacial score (nSPS) is 24.3. The highest BCUT2D eigenvalue weighted by Crippen LogP contribution is 2.37. The van der Waals surface area contributed by atoms with Crippen LogP contribution < -0.4 is 38.1 Å². The van der Waals surface area contributed by atoms with Gasteiger partial charge in [0.25, 0.3) is 0 Å². The van der Waals surface area contributed by atoms with Crippen LogP contribution in [-0.4, -0.2) is 110 Å². The highest BCUT2D eigenvalue weighted by atomic mass is 32.1. The summed E-state index contributed by atoms with van der Waals surface area (Å²) in [6.07, 6.45) is 5.31. The second kappa shape index (κ2) is 22.9. The number of nitrogens with zero attached hydrogens (tertiary/aromatic N) is 4. The minimum atomic E-state index is -1.46. The molecule has 70 heavy (non-hydrogen) atoms. The summed E-state index contributed by atoms with van der Waals surface area (Å²) in [7, 11) is 0. The number of nitrogens with one attached hydrogen (secondary N) is 5. The molecule has 0 radical (unpaired) electrons. The number of benzene rings is 1. The number of carbonyl (C=O) groups excluding carboxylic acids is 8. The number of hydrogen-bond acceptors (Lipinski definition) is 13. The molecule has 22 heteroatoms. The zero-order chi connectivity index (χ0) is 49.3. The second-order valence-electron chi connectivity index (χ2n) is 18.1. The Morgan fingerprint density at radius 1 is 0.743 bits per heavy atom. The maximum atomic E-state index is 15.3. The molecule has 0 spiro atoms. The fraction of sp³-hybridized carbons (Fsp3) is 0.458. The summed E-state index contributed by atoms with van der Waals surface area (Å²) >= 11 is 4.67. The molecule has 1 aliphatic carbocycles. The van der Waals surface area contributed by atoms with Crippen molar-refractivity contribution in [1.29, 1.82) is 0 Å². The summed E-state index contributed by atoms with van der Waals surface area (Å²) in [5.41, 5.74) is 12.8. The first-order chi connectivity index (χ1) is 33.8. The number of carbonyl (C=O) groups is 8. The molecule has 8 rings (SSSR count). The molecule has 6 heterocycles. The molecule has 6 atom stereocenters. The molecule has 2 saturated heterocycles. The molecule has 1 aromatic carbocycles. The Bertz CT molecular complexity index is 2710. The second-order valence-corrected chi connectivity index (χ2v) is 21.1. The van der Waals surface area contributed by atoms with Crippen LogP contribution in [0.1, 0.15) is 88.7 Å². The van der Waals surface area contributed by atoms with E-state index in [1.165, 1.54) is 16.2 Å². The molecule has 3 aliphatic rings. The Morgan fingerprint density at radius 3 is 2.27 bits per heavy atom. The van der Waals surface area contributed by atoms with Crippen LogP contribution in [0.3, 0.4) is 0 Å². The van der Waals surface area contributed by atoms with Gasteiger partial charge in [-0.15, -0.1) is 39.1 Å². The van der Waals surface area contributed by atoms with E-state index in [0.29, 0.717) is 31.4 Å². The molecule has 3 fully saturated rings. The molecule has 5 aromatic rings. The van der Waals surface area contributed by atoms with Gasteiger partial charge in [-0.3, -0.25) is 38.4 Å². The van der Waals surface area contributed by atoms with Crippen LogP contribution in [0.25, 0.3) is 30.4 Å². The monoisotopic (exact) mass is 1010 g/mol. The van der Waals surface area contributed by atoms with Gasteiger partial charge in [0.2, 0.25) is 47.3 Å². The fourth-order valence-electron chi connectivity index (χ4n) is 9.51. The van der Waals surface area contributed by atoms with Crippen LogP contribution in [0.2, 0.25) is 0 Å². The Morgan fingerprint density at radius 2 is 1.50 bits per heavy atom. The molecule has 2 aliphatic heterocycles. The van der Waals surface area contributed by atoms with E-state index in [-0.39, 0.29) is 51.1 Å². The van der Waals surface area contributed by atoms with Gasteiger partial charge in [-0.2, -0.15) is 0 Å². The lowest BCUT2D eigenvalue weighted by molar-refractivity contribution is -0.144. The van der Waals surface area contributed by atoms with Crippen LogP contribution in [0.5, 0.6) is 0 Å². The van der Waals surface area contributed by atoms with E-state index >= 15 is 9.59 Å². The van der Waals surface area contributed by atoms with Gasteiger partial charge in [-0.25, -0.2) is 4.68 Å². The molecule has 1 saturated carbocycles. The third kappa shape index (κ3) is 12.3. The molecule has 9 N–H and O–H groups in total. The maximum absolute atomic E-state index is 15.3. The lowest BCUT2D eigenvalue weighted by Crippen LogP contribution is -2.60. The van der Waals surface area contributed by atoms with Crippen molar-refractivity contribution >= 4 is 91.4 Å². The molecule has 4 aromatic heterocycles. The van der Waals surface area contributed by atoms with Crippen molar-refractivity contribution in [3.05, 3.63) is 71.1 Å². The van der Waals surface area contributed by atoms with Gasteiger partial charge in [0.05, 0.1) is 23.5 Å². The van der Waals surface area contributed by atoms with Crippen molar-refractivity contribution < 1.29 is 38.4 Å². The number of aromatic nitrogens is 3. The van der Waals surface area contributed by atoms with Crippen molar-refractivity contribution in [2.75, 3.05) is 13.1 Å². The first-order valence-corrected chi connectivity index (χ1v) is 26.2. The minimum Gasteiger partial charge on any atom is -0.370 e. The zero-order valence-electron chi connectivity index (χ0n) is 38.4. The fourth-order valence-corrected chi connectivity index (χ4v) is 12.3. The molecule has 0 bridgehead atoms. The minimum absolute atomic E-state index is 0.0248. The molecular formula is C48H57N11O8S3. The van der Waals surface area contributed by atoms with Gasteiger partial charge in [-0.05, 0) is 84.0 Å². The van der Waals surface area contributed by atoms with E-state index in [9.17, 15) is 28.8 Å². The lowest BCUT2D eigenvalue weighted by Gasteiger charge is -2.35. The average molecular weight is 1010 g/mol. The first kappa shape index (κ1) is 49.9. The van der Waals surface area contributed by atoms with Crippen LogP contribution in [0.4, 0.5) is 0 Å². The third-order valence-electron chi connectivity index (χ3n) is 13.2. The Hall–Kier alpha value is -6.52. The molecule has 19 nitrogen and oxygen atoms in total. The third-order valence-corrected chi connectivity index (χ3v) is 16.4. The van der Waals surface area contributed by atoms with Gasteiger partial charge in [0.15, 0.2) is 0 Å². The number of thiophene rings is 3. The number of fused-ring (bicyclic) bond motifs is 2. The predicted octanol–water partition coefficient (Wildman–Crippen LogP) is 3.30. The van der Waals surface area contributed by atoms with Crippen molar-refractivity contribution in [1.82, 2.24) is 46.5 Å². The van der Waals surface area contributed by atoms with Gasteiger partial charge >= 0.3 is 0 Å². The van der Waals surface area contributed by atoms with Crippen molar-refractivity contribution in [2.45, 2.75) is 120 Å². The Labute approximate surface area is 415 Å². The summed E-state index contributed by atoms with van der Waals surface area (Å²) < 4.78 is 2.61. The standard InChI is InChI=1S/C48H57N11O8S3/c49-40(60)23-33-46(65)55-43(27-9-2-1-3-10-27)48(67)58-24-29(59-25-34(56-57-59)37-15-16-39(70-37)38-14-8-20-68-38)22-35(58)47(66)54-32(21-28-26-69-36-13-5-4-11-30(28)36)45(64)53-31(44(50)63)12-6-7-19-51-41(61)17-18-42(62)52-33/h4-5,8,11,13-16,20,25-27,29,31-33,35,43H,1-3,6-7,9-10,12,17-19,21-24H2,(H2,49,60)(H2,50,63)(H,51,61)(H,52,62)(H,53,64)(H,54,66)(H,55,65)/t29-,31-,32-,33?,35-,43-/m0/s1. The van der Waals surface area contributed by atoms with E-state index in [1.54, 1.807) is 33.6 Å². The number of rotatable bonds is 9. The van der Waals surface area contributed by atoms with E-state index in [0.717, 1.165) is 49.5 Å². The molecule has 8 amide bonds. The van der Waals surface area contributed by atoms with Crippen molar-refractivity contribution in [3.8, 4) is 20.3 Å². The van der Waals surface area contributed by atoms with Gasteiger partial charge in [0.1, 0.15) is 35.9 Å². The van der Waals surface area contributed by atoms with Crippen LogP contribution in [-0.2, 0) is 44.8 Å². The highest BCUT2D eigenvalue weighted by Gasteiger charge is 2.46. The highest BCUT2D eigenvalue weighted by molar-refractivity contribution is 7.23. The van der Waals surface area contributed by atoms with Crippen LogP contribution >= 0.6 is 34.0 Å². The average Bonchev–Trinajstić information content (AvgIpc) is 4.21. The Kier molecular flexibility index (Phi) is 16.3. The van der Waals surface area contributed by atoms with Crippen LogP contribution in [0, 0.1) is 5.92 Å². The lowest BCUT2D eigenvalue weighted by atomic mass is 9.83. The SMILES string of the molecule is NC(=O)CC1NC(=O)CCC(=O)NCCCC[C@@H](C(N)=O)NC(=O)[C@H](Cc2csc3ccccc23)NC(=O)[C@@H]2C[C@H](n3cc(-c4ccc(-c5cccs5)s4)nn3)CN2C(=O)[C@H](C2CCCCC2)NC1=O. The quantitative estimate of drug-likeness (QED) is 0.113. The van der Waals surface area contributed by atoms with E-state index < -0.39 is 89.9 Å². The predicted molar refractivity (Wildman–Crippen MR) is 265 cm³/mol. The topological polar surface area (TPSA) is 283 Å². The smallest absolute Gasteiger partial charge is 0.246 e. The molecule has 1 unspecified atom stereocenters. The van der Waals surface area contributed by atoms with Crippen molar-refractivity contribution in [3.63, 3.8) is 0 Å². The van der Waals surface area contributed by atoms with Crippen molar-refractivity contribution in [2.24, 2.45) is 17.4 Å². The van der Waals surface area contributed by atoms with E-state index in [1.807, 2.05) is 59.3 Å². The summed E-state index contributed by atoms with van der Waals surface area (Å²) in [5.74, 6) is -5.85. The molecular weight excluding hydrogens is 955 g/mol. The summed E-state index contributed by atoms with van der Waals surface area (Å²) in [5, 5.41) is 27.7. The first-order valence-electron chi connectivity index (χ1n) is 23.7. The summed E-state index contributed by atoms with van der Waals surface area (Å²) in [6, 6.07) is 8.93. The zero-order valence-corrected chi connectivity index (χ0v) is 40.9. The maximum Gasteiger partial charge on any atom is 0.246 e. The summed E-state index contributed by atoms with van der Waals surface area (Å²) in [4.78, 5) is 115. The largest absolute Gasteiger partial charge is 0.370 e. The van der Waals surface area contributed by atoms with Crippen LogP contribution in [0.15, 0.2) is 65.5 Å². The number of primary amides is 2. The van der Waals surface area contributed by atoms with E-state index in [2.05, 4.69) is 36.9 Å². The number of hydrogen-bond donors (Lipinski definition) is 7. The summed E-state index contributed by atoms with van der Waals surface area (Å²) in [6.45, 7) is 0.176. The number of nitrogens with two attached hydrogens (primary N) is 2. The van der Waals surface area contributed by atoms with E-state index in [4.69, 9.17) is 11.5 Å². The molecule has 370 valence electrons. The number of amides is 8. The van der Waals surface area contributed by atoms with Gasteiger partial charge in [0, 0.05) is 53.2 Å². The van der Waals surface area contributed by atoms with Gasteiger partial charge < -0.3 is 43.0 Å².